The zero-order chi connectivity index (χ0) is 21.8. The molecule has 2 amide bonds. The lowest BCUT2D eigenvalue weighted by Crippen LogP contribution is -2.48. The van der Waals surface area contributed by atoms with Gasteiger partial charge in [-0.25, -0.2) is 9.59 Å². The van der Waals surface area contributed by atoms with Crippen LogP contribution in [0, 0.1) is 0 Å². The van der Waals surface area contributed by atoms with Crippen molar-refractivity contribution in [2.45, 2.75) is 13.0 Å². The van der Waals surface area contributed by atoms with Gasteiger partial charge in [-0.2, -0.15) is 0 Å². The Morgan fingerprint density at radius 1 is 1.13 bits per heavy atom. The van der Waals surface area contributed by atoms with Crippen LogP contribution in [0.2, 0.25) is 15.1 Å². The topological polar surface area (TPSA) is 67.9 Å². The molecule has 1 N–H and O–H groups in total. The summed E-state index contributed by atoms with van der Waals surface area (Å²) in [5, 5.41) is 3.95. The first-order chi connectivity index (χ1) is 14.3. The van der Waals surface area contributed by atoms with Gasteiger partial charge in [-0.1, -0.05) is 53.0 Å². The summed E-state index contributed by atoms with van der Waals surface area (Å²) in [5.74, 6) is -0.159. The summed E-state index contributed by atoms with van der Waals surface area (Å²) in [6.07, 6.45) is 0. The van der Waals surface area contributed by atoms with Crippen molar-refractivity contribution in [3.63, 3.8) is 0 Å². The summed E-state index contributed by atoms with van der Waals surface area (Å²) >= 11 is 18.5. The number of ether oxygens (including phenoxy) is 2. The lowest BCUT2D eigenvalue weighted by molar-refractivity contribution is -0.139. The summed E-state index contributed by atoms with van der Waals surface area (Å²) in [7, 11) is 1.54. The molecule has 158 valence electrons. The number of nitrogens with zero attached hydrogens (tertiary/aromatic N) is 1. The maximum atomic E-state index is 12.9. The van der Waals surface area contributed by atoms with E-state index in [0.717, 1.165) is 0 Å². The Morgan fingerprint density at radius 2 is 1.87 bits per heavy atom. The maximum absolute atomic E-state index is 12.9. The summed E-state index contributed by atoms with van der Waals surface area (Å²) in [5.41, 5.74) is 1.07. The van der Waals surface area contributed by atoms with E-state index >= 15 is 0 Å². The van der Waals surface area contributed by atoms with Crippen molar-refractivity contribution in [3.05, 3.63) is 74.4 Å². The molecule has 9 heteroatoms. The van der Waals surface area contributed by atoms with Gasteiger partial charge in [0.05, 0.1) is 28.9 Å². The maximum Gasteiger partial charge on any atom is 0.338 e. The molecular formula is C21H19Cl3N2O4. The Balaban J connectivity index is 2.08. The molecule has 1 aliphatic rings. The van der Waals surface area contributed by atoms with Gasteiger partial charge >= 0.3 is 12.0 Å². The Kier molecular flexibility index (Phi) is 7.13. The van der Waals surface area contributed by atoms with E-state index in [1.165, 1.54) is 4.90 Å². The van der Waals surface area contributed by atoms with Gasteiger partial charge in [-0.15, -0.1) is 0 Å². The number of urea groups is 1. The predicted octanol–water partition coefficient (Wildman–Crippen LogP) is 5.24. The van der Waals surface area contributed by atoms with Crippen LogP contribution >= 0.6 is 34.8 Å². The lowest BCUT2D eigenvalue weighted by atomic mass is 9.94. The van der Waals surface area contributed by atoms with E-state index in [9.17, 15) is 9.59 Å². The molecule has 0 aliphatic carbocycles. The van der Waals surface area contributed by atoms with Crippen LogP contribution in [0.25, 0.3) is 0 Å². The summed E-state index contributed by atoms with van der Waals surface area (Å²) in [6, 6.07) is 10.5. The first kappa shape index (κ1) is 22.3. The highest BCUT2D eigenvalue weighted by molar-refractivity contribution is 6.35. The van der Waals surface area contributed by atoms with Crippen molar-refractivity contribution < 1.29 is 19.1 Å². The Hall–Kier alpha value is -2.41. The molecule has 1 aliphatic heterocycles. The Bertz CT molecular complexity index is 1010. The van der Waals surface area contributed by atoms with Crippen molar-refractivity contribution in [1.29, 1.82) is 0 Å². The molecule has 1 atom stereocenters. The number of esters is 1. The number of halogens is 3. The number of amides is 2. The number of carbonyl (C=O) groups excluding carboxylic acids is 2. The van der Waals surface area contributed by atoms with Gasteiger partial charge in [0.1, 0.15) is 12.4 Å². The third-order valence-corrected chi connectivity index (χ3v) is 5.42. The standard InChI is InChI=1S/C21H19Cl3N2O4/c1-3-29-20(27)18-16(11-30-17-7-5-4-6-14(17)23)26(2)21(28)25-19(18)13-9-8-12(22)10-15(13)24/h4-10,19H,3,11H2,1-2H3,(H,25,28)/t19-/m0/s1. The van der Waals surface area contributed by atoms with Crippen molar-refractivity contribution >= 4 is 46.8 Å². The number of likely N-dealkylation sites (N-methyl/N-ethyl adjacent to an activating group) is 1. The first-order valence-corrected chi connectivity index (χ1v) is 10.2. The molecule has 0 saturated carbocycles. The second-order valence-corrected chi connectivity index (χ2v) is 7.66. The van der Waals surface area contributed by atoms with Crippen LogP contribution in [0.4, 0.5) is 4.79 Å². The second-order valence-electron chi connectivity index (χ2n) is 6.41. The van der Waals surface area contributed by atoms with Crippen LogP contribution in [0.3, 0.4) is 0 Å². The highest BCUT2D eigenvalue weighted by Crippen LogP contribution is 2.36. The number of hydrogen-bond acceptors (Lipinski definition) is 4. The predicted molar refractivity (Wildman–Crippen MR) is 116 cm³/mol. The zero-order valence-electron chi connectivity index (χ0n) is 16.2. The third-order valence-electron chi connectivity index (χ3n) is 4.55. The smallest absolute Gasteiger partial charge is 0.338 e. The highest BCUT2D eigenvalue weighted by Gasteiger charge is 2.38. The molecule has 0 radical (unpaired) electrons. The van der Waals surface area contributed by atoms with E-state index in [4.69, 9.17) is 44.3 Å². The SMILES string of the molecule is CCOC(=O)C1=C(COc2ccccc2Cl)N(C)C(=O)N[C@H]1c1ccc(Cl)cc1Cl. The van der Waals surface area contributed by atoms with Gasteiger partial charge in [0.25, 0.3) is 0 Å². The minimum absolute atomic E-state index is 0.0799. The fourth-order valence-electron chi connectivity index (χ4n) is 3.06. The largest absolute Gasteiger partial charge is 0.486 e. The van der Waals surface area contributed by atoms with Crippen molar-refractivity contribution in [2.75, 3.05) is 20.3 Å². The van der Waals surface area contributed by atoms with Crippen molar-refractivity contribution in [3.8, 4) is 5.75 Å². The molecule has 2 aromatic rings. The van der Waals surface area contributed by atoms with Gasteiger partial charge in [-0.05, 0) is 36.8 Å². The number of benzene rings is 2. The fraction of sp³-hybridized carbons (Fsp3) is 0.238. The number of para-hydroxylation sites is 1. The fourth-order valence-corrected chi connectivity index (χ4v) is 3.77. The molecule has 3 rings (SSSR count). The molecule has 0 unspecified atom stereocenters. The van der Waals surface area contributed by atoms with Gasteiger partial charge < -0.3 is 14.8 Å². The third kappa shape index (κ3) is 4.67. The average molecular weight is 470 g/mol. The molecule has 1 heterocycles. The van der Waals surface area contributed by atoms with Crippen LogP contribution in [0.15, 0.2) is 53.7 Å². The minimum atomic E-state index is -0.831. The summed E-state index contributed by atoms with van der Waals surface area (Å²) in [6.45, 7) is 1.79. The first-order valence-electron chi connectivity index (χ1n) is 9.10. The molecule has 6 nitrogen and oxygen atoms in total. The monoisotopic (exact) mass is 468 g/mol. The lowest BCUT2D eigenvalue weighted by Gasteiger charge is -2.34. The molecule has 30 heavy (non-hydrogen) atoms. The normalized spacial score (nSPS) is 16.4. The van der Waals surface area contributed by atoms with Gasteiger partial charge in [0.15, 0.2) is 0 Å². The van der Waals surface area contributed by atoms with E-state index in [2.05, 4.69) is 5.32 Å². The quantitative estimate of drug-likeness (QED) is 0.588. The van der Waals surface area contributed by atoms with Crippen LogP contribution in [0.1, 0.15) is 18.5 Å². The Labute approximate surface area is 189 Å². The summed E-state index contributed by atoms with van der Waals surface area (Å²) < 4.78 is 11.1. The van der Waals surface area contributed by atoms with Gasteiger partial charge in [-0.3, -0.25) is 4.90 Å². The van der Waals surface area contributed by atoms with Crippen LogP contribution < -0.4 is 10.1 Å². The van der Waals surface area contributed by atoms with E-state index < -0.39 is 18.0 Å². The minimum Gasteiger partial charge on any atom is -0.486 e. The van der Waals surface area contributed by atoms with E-state index in [0.29, 0.717) is 32.1 Å². The molecule has 0 bridgehead atoms. The van der Waals surface area contributed by atoms with Crippen molar-refractivity contribution in [1.82, 2.24) is 10.2 Å². The van der Waals surface area contributed by atoms with Crippen LogP contribution in [-0.2, 0) is 9.53 Å². The molecule has 0 spiro atoms. The van der Waals surface area contributed by atoms with Crippen LogP contribution in [0.5, 0.6) is 5.75 Å². The highest BCUT2D eigenvalue weighted by atomic mass is 35.5. The molecular weight excluding hydrogens is 451 g/mol. The van der Waals surface area contributed by atoms with Gasteiger partial charge in [0.2, 0.25) is 0 Å². The molecule has 2 aromatic carbocycles. The van der Waals surface area contributed by atoms with E-state index in [-0.39, 0.29) is 18.8 Å². The number of carbonyl (C=O) groups is 2. The molecule has 0 fully saturated rings. The molecule has 0 aromatic heterocycles. The average Bonchev–Trinajstić information content (AvgIpc) is 2.70. The van der Waals surface area contributed by atoms with Gasteiger partial charge in [0, 0.05) is 17.1 Å². The number of nitrogens with one attached hydrogen (secondary N) is 1. The summed E-state index contributed by atoms with van der Waals surface area (Å²) in [4.78, 5) is 26.8. The second kappa shape index (κ2) is 9.60. The van der Waals surface area contributed by atoms with Crippen molar-refractivity contribution in [2.24, 2.45) is 0 Å². The zero-order valence-corrected chi connectivity index (χ0v) is 18.5. The van der Waals surface area contributed by atoms with E-state index in [1.807, 2.05) is 0 Å². The number of rotatable bonds is 6. The Morgan fingerprint density at radius 3 is 2.53 bits per heavy atom. The van der Waals surface area contributed by atoms with Crippen LogP contribution in [-0.4, -0.2) is 37.2 Å². The van der Waals surface area contributed by atoms with E-state index in [1.54, 1.807) is 56.4 Å². The molecule has 0 saturated heterocycles. The number of hydrogen-bond donors (Lipinski definition) is 1.